The third-order valence-electron chi connectivity index (χ3n) is 10.8. The van der Waals surface area contributed by atoms with E-state index < -0.39 is 17.4 Å². The van der Waals surface area contributed by atoms with E-state index in [4.69, 9.17) is 14.0 Å². The summed E-state index contributed by atoms with van der Waals surface area (Å²) in [5, 5.41) is 3.06. The van der Waals surface area contributed by atoms with Gasteiger partial charge in [0.15, 0.2) is 4.90 Å². The minimum Gasteiger partial charge on any atom is -0.588 e. The molecule has 8 rings (SSSR count). The molecule has 5 atom stereocenters. The molecule has 9 heteroatoms. The summed E-state index contributed by atoms with van der Waals surface area (Å²) in [6.07, 6.45) is 9.26. The van der Waals surface area contributed by atoms with Crippen LogP contribution in [0, 0.1) is 17.3 Å². The highest BCUT2D eigenvalue weighted by molar-refractivity contribution is 7.90. The molecule has 2 aromatic carbocycles. The Labute approximate surface area is 240 Å². The normalized spacial score (nSPS) is 29.7. The number of aryl methyl sites for hydroxylation is 2. The average molecular weight is 563 g/mol. The minimum atomic E-state index is -1.73. The lowest BCUT2D eigenvalue weighted by Gasteiger charge is -2.64. The standard InChI is InChI=1S/C31H39BN2O5S/c1-30(2)21-14-26(30)31(3)27(15-21)38-32(39-31)17-20-11-12-22(16-25(20)37-4)40(36)34-29(35)33-28-23-9-5-7-18(23)13-19-8-6-10-24(19)28/h11-13,16,21,26-27H,5-10,14-15,17H2,1-4H3,(H2,33,34,35)/t21?,26?,27-,31+,40?/m1/s1. The zero-order valence-corrected chi connectivity index (χ0v) is 24.7. The van der Waals surface area contributed by atoms with Gasteiger partial charge in [0.25, 0.3) is 0 Å². The average Bonchev–Trinajstić information content (AvgIpc) is 3.66. The number of fused-ring (bicyclic) bond motifs is 2. The molecule has 2 bridgehead atoms. The molecular weight excluding hydrogens is 523 g/mol. The quantitative estimate of drug-likeness (QED) is 0.367. The van der Waals surface area contributed by atoms with Crippen LogP contribution in [0.5, 0.6) is 5.75 Å². The monoisotopic (exact) mass is 562 g/mol. The smallest absolute Gasteiger partial charge is 0.462 e. The summed E-state index contributed by atoms with van der Waals surface area (Å²) in [6, 6.07) is 7.33. The Morgan fingerprint density at radius 3 is 2.50 bits per heavy atom. The van der Waals surface area contributed by atoms with E-state index in [2.05, 4.69) is 36.9 Å². The number of urea groups is 1. The molecule has 1 aliphatic heterocycles. The molecule has 7 nitrogen and oxygen atoms in total. The van der Waals surface area contributed by atoms with Crippen LogP contribution in [0.2, 0.25) is 0 Å². The van der Waals surface area contributed by atoms with Crippen molar-refractivity contribution in [3.63, 3.8) is 0 Å². The van der Waals surface area contributed by atoms with Crippen LogP contribution >= 0.6 is 0 Å². The summed E-state index contributed by atoms with van der Waals surface area (Å²) in [6.45, 7) is 6.94. The summed E-state index contributed by atoms with van der Waals surface area (Å²) in [5.74, 6) is 1.83. The van der Waals surface area contributed by atoms with Gasteiger partial charge in [0.05, 0.1) is 18.8 Å². The third-order valence-corrected chi connectivity index (χ3v) is 11.8. The van der Waals surface area contributed by atoms with Crippen molar-refractivity contribution in [1.82, 2.24) is 4.72 Å². The predicted octanol–water partition coefficient (Wildman–Crippen LogP) is 5.33. The minimum absolute atomic E-state index is 0.127. The fourth-order valence-corrected chi connectivity index (χ4v) is 9.22. The molecule has 5 aliphatic carbocycles. The van der Waals surface area contributed by atoms with Gasteiger partial charge in [-0.25, -0.2) is 4.79 Å². The van der Waals surface area contributed by atoms with Gasteiger partial charge >= 0.3 is 13.1 Å². The van der Waals surface area contributed by atoms with Crippen molar-refractivity contribution < 1.29 is 23.4 Å². The van der Waals surface area contributed by atoms with Gasteiger partial charge in [-0.1, -0.05) is 26.0 Å². The number of carbonyl (C=O) groups excluding carboxylic acids is 1. The highest BCUT2D eigenvalue weighted by atomic mass is 32.2. The van der Waals surface area contributed by atoms with Gasteiger partial charge in [-0.3, -0.25) is 0 Å². The Bertz CT molecular complexity index is 1340. The molecular formula is C31H39BN2O5S. The first-order valence-corrected chi connectivity index (χ1v) is 16.0. The highest BCUT2D eigenvalue weighted by Gasteiger charge is 2.67. The van der Waals surface area contributed by atoms with E-state index in [0.29, 0.717) is 34.2 Å². The number of ether oxygens (including phenoxy) is 1. The zero-order chi connectivity index (χ0) is 27.8. The first-order chi connectivity index (χ1) is 19.2. The largest absolute Gasteiger partial charge is 0.588 e. The molecule has 212 valence electrons. The second kappa shape index (κ2) is 9.68. The molecule has 40 heavy (non-hydrogen) atoms. The van der Waals surface area contributed by atoms with Crippen LogP contribution in [0.4, 0.5) is 10.5 Å². The Hall–Kier alpha value is -2.20. The molecule has 3 unspecified atom stereocenters. The van der Waals surface area contributed by atoms with Crippen molar-refractivity contribution in [2.75, 3.05) is 12.4 Å². The fraction of sp³-hybridized carbons (Fsp3) is 0.581. The van der Waals surface area contributed by atoms with Crippen molar-refractivity contribution in [1.29, 1.82) is 0 Å². The molecule has 0 spiro atoms. The number of hydrogen-bond donors (Lipinski definition) is 2. The number of nitrogens with one attached hydrogen (secondary N) is 2. The summed E-state index contributed by atoms with van der Waals surface area (Å²) in [5.41, 5.74) is 7.11. The fourth-order valence-electron chi connectivity index (χ4n) is 8.48. The zero-order valence-electron chi connectivity index (χ0n) is 23.9. The predicted molar refractivity (Wildman–Crippen MR) is 156 cm³/mol. The van der Waals surface area contributed by atoms with Crippen LogP contribution in [0.1, 0.15) is 74.3 Å². The van der Waals surface area contributed by atoms with Gasteiger partial charge in [-0.15, -0.1) is 4.72 Å². The van der Waals surface area contributed by atoms with Crippen molar-refractivity contribution >= 4 is 30.2 Å². The molecule has 0 aromatic heterocycles. The summed E-state index contributed by atoms with van der Waals surface area (Å²) < 4.78 is 34.5. The second-order valence-corrected chi connectivity index (χ2v) is 14.3. The SMILES string of the molecule is COc1cc([S+]([O-])NC(=O)Nc2c3c(cc4c2CCC4)CCC3)ccc1CB1O[C@@H]2CC3CC(C3(C)C)[C@]2(C)O1. The first kappa shape index (κ1) is 26.7. The van der Waals surface area contributed by atoms with Gasteiger partial charge in [-0.05, 0) is 109 Å². The van der Waals surface area contributed by atoms with Gasteiger partial charge in [0.2, 0.25) is 0 Å². The number of rotatable bonds is 6. The van der Waals surface area contributed by atoms with Gasteiger partial charge < -0.3 is 23.9 Å². The molecule has 6 aliphatic rings. The van der Waals surface area contributed by atoms with E-state index in [9.17, 15) is 9.35 Å². The summed E-state index contributed by atoms with van der Waals surface area (Å²) in [4.78, 5) is 13.5. The molecule has 2 N–H and O–H groups in total. The molecule has 2 amide bonds. The van der Waals surface area contributed by atoms with Crippen LogP contribution in [-0.2, 0) is 52.7 Å². The van der Waals surface area contributed by atoms with E-state index in [1.54, 1.807) is 19.2 Å². The summed E-state index contributed by atoms with van der Waals surface area (Å²) >= 11 is -1.73. The maximum Gasteiger partial charge on any atom is 0.462 e. The molecule has 1 heterocycles. The molecule has 0 radical (unpaired) electrons. The second-order valence-electron chi connectivity index (χ2n) is 13.1. The first-order valence-electron chi connectivity index (χ1n) is 14.8. The number of anilines is 1. The van der Waals surface area contributed by atoms with Crippen LogP contribution in [0.3, 0.4) is 0 Å². The van der Waals surface area contributed by atoms with Crippen LogP contribution in [0.15, 0.2) is 29.2 Å². The van der Waals surface area contributed by atoms with Crippen molar-refractivity contribution in [2.45, 2.75) is 95.1 Å². The van der Waals surface area contributed by atoms with E-state index in [-0.39, 0.29) is 18.8 Å². The lowest BCUT2D eigenvalue weighted by molar-refractivity contribution is -0.199. The topological polar surface area (TPSA) is 91.9 Å². The van der Waals surface area contributed by atoms with Crippen molar-refractivity contribution in [2.24, 2.45) is 17.3 Å². The van der Waals surface area contributed by atoms with Gasteiger partial charge in [-0.2, -0.15) is 0 Å². The maximum atomic E-state index is 13.2. The number of methoxy groups -OCH3 is 1. The Kier molecular flexibility index (Phi) is 6.46. The van der Waals surface area contributed by atoms with E-state index in [1.807, 2.05) is 6.07 Å². The summed E-state index contributed by atoms with van der Waals surface area (Å²) in [7, 11) is 1.27. The Morgan fingerprint density at radius 2 is 1.82 bits per heavy atom. The number of amides is 2. The lowest BCUT2D eigenvalue weighted by Crippen LogP contribution is -2.65. The number of hydrogen-bond acceptors (Lipinski definition) is 5. The van der Waals surface area contributed by atoms with E-state index in [0.717, 1.165) is 56.2 Å². The Morgan fingerprint density at radius 1 is 1.10 bits per heavy atom. The van der Waals surface area contributed by atoms with E-state index in [1.165, 1.54) is 28.7 Å². The maximum absolute atomic E-state index is 13.2. The van der Waals surface area contributed by atoms with Gasteiger partial charge in [0.1, 0.15) is 17.1 Å². The molecule has 1 saturated heterocycles. The highest BCUT2D eigenvalue weighted by Crippen LogP contribution is 2.65. The Balaban J connectivity index is 1.02. The van der Waals surface area contributed by atoms with Gasteiger partial charge in [0, 0.05) is 18.1 Å². The lowest BCUT2D eigenvalue weighted by atomic mass is 9.43. The van der Waals surface area contributed by atoms with Crippen LogP contribution < -0.4 is 14.8 Å². The number of carbonyl (C=O) groups is 1. The van der Waals surface area contributed by atoms with Crippen LogP contribution in [-0.4, -0.2) is 36.5 Å². The molecule has 4 fully saturated rings. The third kappa shape index (κ3) is 4.18. The molecule has 3 saturated carbocycles. The van der Waals surface area contributed by atoms with Crippen LogP contribution in [0.25, 0.3) is 0 Å². The number of benzene rings is 2. The molecule has 2 aromatic rings. The van der Waals surface area contributed by atoms with Crippen molar-refractivity contribution in [3.8, 4) is 5.75 Å². The van der Waals surface area contributed by atoms with Crippen molar-refractivity contribution in [3.05, 3.63) is 52.1 Å². The van der Waals surface area contributed by atoms with E-state index >= 15 is 0 Å².